The van der Waals surface area contributed by atoms with Crippen molar-refractivity contribution >= 4 is 40.8 Å². The largest absolute Gasteiger partial charge is 0.497 e. The number of nitrogens with one attached hydrogen (secondary N) is 1. The summed E-state index contributed by atoms with van der Waals surface area (Å²) in [6, 6.07) is 21.5. The number of benzene rings is 3. The monoisotopic (exact) mass is 601 g/mol. The van der Waals surface area contributed by atoms with E-state index in [1.54, 1.807) is 30.3 Å². The fourth-order valence-electron chi connectivity index (χ4n) is 5.52. The molecule has 0 fully saturated rings. The summed E-state index contributed by atoms with van der Waals surface area (Å²) in [5.41, 5.74) is 5.23. The number of ether oxygens (including phenoxy) is 1. The number of imidazole rings is 1. The normalized spacial score (nSPS) is 15.8. The Morgan fingerprint density at radius 2 is 1.64 bits per heavy atom. The van der Waals surface area contributed by atoms with E-state index >= 15 is 0 Å². The van der Waals surface area contributed by atoms with Crippen molar-refractivity contribution in [3.63, 3.8) is 0 Å². The molecule has 5 aromatic rings. The number of carbonyl (C=O) groups is 3. The standard InChI is InChI=1S/C20H16O2.C9H11N5O.C7H8O/c1-11-9-17-13(12(2)20(11)22)7-8-15-14-5-3-4-6-16(14)19(21)10-18(15)17;1-2-11-8(15)4-14-6-13-9-7(14)3-10-5-12-9;1-8-7-5-3-2-4-6-7/h3-12H,1-2H3;3,5-6H,2,4H2,1H3,(H,11,15);2-6H,1H3. The number of amides is 1. The molecule has 7 rings (SSSR count). The zero-order chi connectivity index (χ0) is 31.9. The Bertz CT molecular complexity index is 1980. The van der Waals surface area contributed by atoms with Crippen LogP contribution in [-0.2, 0) is 16.1 Å². The number of ketones is 2. The van der Waals surface area contributed by atoms with E-state index in [9.17, 15) is 14.4 Å². The maximum absolute atomic E-state index is 12.4. The van der Waals surface area contributed by atoms with Gasteiger partial charge in [-0.05, 0) is 52.3 Å². The Labute approximate surface area is 261 Å². The van der Waals surface area contributed by atoms with Crippen LogP contribution >= 0.6 is 0 Å². The van der Waals surface area contributed by atoms with Gasteiger partial charge in [-0.2, -0.15) is 0 Å². The molecule has 9 heteroatoms. The van der Waals surface area contributed by atoms with Crippen LogP contribution in [0.3, 0.4) is 0 Å². The van der Waals surface area contributed by atoms with Gasteiger partial charge >= 0.3 is 0 Å². The summed E-state index contributed by atoms with van der Waals surface area (Å²) in [7, 11) is 1.66. The lowest BCUT2D eigenvalue weighted by Gasteiger charge is -2.23. The second-order valence-electron chi connectivity index (χ2n) is 10.7. The van der Waals surface area contributed by atoms with Crippen molar-refractivity contribution in [1.82, 2.24) is 24.8 Å². The number of likely N-dealkylation sites (N-methyl/N-ethyl adjacent to an activating group) is 1. The van der Waals surface area contributed by atoms with Gasteiger partial charge in [0.25, 0.3) is 0 Å². The minimum Gasteiger partial charge on any atom is -0.497 e. The third kappa shape index (κ3) is 6.72. The average Bonchev–Trinajstić information content (AvgIpc) is 3.47. The zero-order valence-corrected chi connectivity index (χ0v) is 25.7. The van der Waals surface area contributed by atoms with Crippen LogP contribution in [0.4, 0.5) is 0 Å². The molecule has 1 amide bonds. The molecular weight excluding hydrogens is 566 g/mol. The maximum Gasteiger partial charge on any atom is 0.239 e. The SMILES string of the molecule is CC1C=c2c(ccc3c2=CC(=O)c2ccccc2-3)C(C)C1=O.CCNC(=O)Cn1cnc2ncncc21.COc1ccccc1. The quantitative estimate of drug-likeness (QED) is 0.330. The van der Waals surface area contributed by atoms with Gasteiger partial charge in [-0.25, -0.2) is 15.0 Å². The lowest BCUT2D eigenvalue weighted by atomic mass is 9.79. The molecule has 9 nitrogen and oxygen atoms in total. The zero-order valence-electron chi connectivity index (χ0n) is 25.7. The Morgan fingerprint density at radius 3 is 2.36 bits per heavy atom. The Kier molecular flexibility index (Phi) is 9.57. The molecule has 2 aliphatic rings. The molecule has 3 aromatic carbocycles. The van der Waals surface area contributed by atoms with E-state index in [2.05, 4.69) is 20.3 Å². The summed E-state index contributed by atoms with van der Waals surface area (Å²) >= 11 is 0. The number of aromatic nitrogens is 4. The Hall–Kier alpha value is -5.44. The van der Waals surface area contributed by atoms with E-state index in [-0.39, 0.29) is 35.9 Å². The van der Waals surface area contributed by atoms with Gasteiger partial charge in [0.15, 0.2) is 11.4 Å². The number of carbonyl (C=O) groups excluding carboxylic acids is 3. The van der Waals surface area contributed by atoms with Gasteiger partial charge in [-0.3, -0.25) is 14.4 Å². The number of hydrogen-bond donors (Lipinski definition) is 1. The second-order valence-corrected chi connectivity index (χ2v) is 10.7. The number of methoxy groups -OCH3 is 1. The van der Waals surface area contributed by atoms with Gasteiger partial charge in [0, 0.05) is 23.9 Å². The number of nitrogens with zero attached hydrogens (tertiary/aromatic N) is 4. The van der Waals surface area contributed by atoms with Crippen molar-refractivity contribution in [2.45, 2.75) is 33.2 Å². The number of fused-ring (bicyclic) bond motifs is 6. The van der Waals surface area contributed by atoms with Gasteiger partial charge in [0.1, 0.15) is 29.9 Å². The second kappa shape index (κ2) is 13.9. The molecule has 0 bridgehead atoms. The molecule has 228 valence electrons. The number of hydrogen-bond acceptors (Lipinski definition) is 7. The number of Topliss-reactive ketones (excluding diaryl/α,β-unsaturated/α-hetero) is 2. The molecule has 2 atom stereocenters. The molecule has 0 aliphatic heterocycles. The van der Waals surface area contributed by atoms with Gasteiger partial charge in [-0.1, -0.05) is 74.5 Å². The minimum absolute atomic E-state index is 0.0411. The highest BCUT2D eigenvalue weighted by Gasteiger charge is 2.27. The molecule has 1 N–H and O–H groups in total. The summed E-state index contributed by atoms with van der Waals surface area (Å²) < 4.78 is 6.64. The van der Waals surface area contributed by atoms with Gasteiger partial charge in [0.2, 0.25) is 5.91 Å². The topological polar surface area (TPSA) is 116 Å². The first-order valence-corrected chi connectivity index (χ1v) is 14.8. The lowest BCUT2D eigenvalue weighted by molar-refractivity contribution is -0.122. The first-order chi connectivity index (χ1) is 21.8. The van der Waals surface area contributed by atoms with Crippen molar-refractivity contribution in [2.24, 2.45) is 5.92 Å². The fraction of sp³-hybridized carbons (Fsp3) is 0.222. The highest BCUT2D eigenvalue weighted by Crippen LogP contribution is 2.27. The summed E-state index contributed by atoms with van der Waals surface area (Å²) in [5, 5.41) is 4.74. The predicted octanol–water partition coefficient (Wildman–Crippen LogP) is 4.09. The third-order valence-electron chi connectivity index (χ3n) is 7.81. The highest BCUT2D eigenvalue weighted by atomic mass is 16.5. The van der Waals surface area contributed by atoms with E-state index in [0.717, 1.165) is 44.0 Å². The smallest absolute Gasteiger partial charge is 0.239 e. The van der Waals surface area contributed by atoms with Gasteiger partial charge < -0.3 is 14.6 Å². The molecule has 0 spiro atoms. The molecule has 0 radical (unpaired) electrons. The predicted molar refractivity (Wildman–Crippen MR) is 174 cm³/mol. The molecule has 0 saturated carbocycles. The van der Waals surface area contributed by atoms with Crippen LogP contribution in [0.2, 0.25) is 0 Å². The van der Waals surface area contributed by atoms with Crippen LogP contribution < -0.4 is 20.5 Å². The summed E-state index contributed by atoms with van der Waals surface area (Å²) in [6.07, 6.45) is 8.41. The summed E-state index contributed by atoms with van der Waals surface area (Å²) in [6.45, 7) is 6.64. The minimum atomic E-state index is -0.110. The van der Waals surface area contributed by atoms with E-state index < -0.39 is 0 Å². The number of para-hydroxylation sites is 1. The first-order valence-electron chi connectivity index (χ1n) is 14.8. The lowest BCUT2D eigenvalue weighted by Crippen LogP contribution is -2.40. The molecule has 2 unspecified atom stereocenters. The van der Waals surface area contributed by atoms with Crippen LogP contribution in [-0.4, -0.2) is 50.6 Å². The van der Waals surface area contributed by atoms with Crippen molar-refractivity contribution in [1.29, 1.82) is 0 Å². The highest BCUT2D eigenvalue weighted by molar-refractivity contribution is 6.22. The van der Waals surface area contributed by atoms with Crippen LogP contribution in [0.15, 0.2) is 85.6 Å². The molecule has 2 aromatic heterocycles. The Morgan fingerprint density at radius 1 is 0.911 bits per heavy atom. The number of rotatable bonds is 4. The molecular formula is C36H35N5O4. The van der Waals surface area contributed by atoms with Crippen molar-refractivity contribution < 1.29 is 19.1 Å². The van der Waals surface area contributed by atoms with E-state index in [1.807, 2.05) is 93.6 Å². The molecule has 2 heterocycles. The van der Waals surface area contributed by atoms with Crippen LogP contribution in [0, 0.1) is 5.92 Å². The molecule has 2 aliphatic carbocycles. The average molecular weight is 602 g/mol. The van der Waals surface area contributed by atoms with Gasteiger partial charge in [-0.15, -0.1) is 0 Å². The molecule has 45 heavy (non-hydrogen) atoms. The van der Waals surface area contributed by atoms with E-state index in [0.29, 0.717) is 12.2 Å². The van der Waals surface area contributed by atoms with E-state index in [4.69, 9.17) is 4.74 Å². The maximum atomic E-state index is 12.4. The van der Waals surface area contributed by atoms with Crippen molar-refractivity contribution in [3.05, 3.63) is 107 Å². The van der Waals surface area contributed by atoms with Crippen LogP contribution in [0.25, 0.3) is 34.4 Å². The summed E-state index contributed by atoms with van der Waals surface area (Å²) in [4.78, 5) is 47.9. The Balaban J connectivity index is 0.000000150. The van der Waals surface area contributed by atoms with E-state index in [1.165, 1.54) is 6.33 Å². The third-order valence-corrected chi connectivity index (χ3v) is 7.81. The van der Waals surface area contributed by atoms with Gasteiger partial charge in [0.05, 0.1) is 19.6 Å². The molecule has 0 saturated heterocycles. The van der Waals surface area contributed by atoms with Crippen LogP contribution in [0.1, 0.15) is 42.6 Å². The van der Waals surface area contributed by atoms with Crippen LogP contribution in [0.5, 0.6) is 5.75 Å². The van der Waals surface area contributed by atoms with Crippen molar-refractivity contribution in [2.75, 3.05) is 13.7 Å². The summed E-state index contributed by atoms with van der Waals surface area (Å²) in [5.74, 6) is 0.945. The fourth-order valence-corrected chi connectivity index (χ4v) is 5.52. The first kappa shape index (κ1) is 31.0. The van der Waals surface area contributed by atoms with Crippen molar-refractivity contribution in [3.8, 4) is 16.9 Å².